The molecule has 0 fully saturated rings. The third-order valence-electron chi connectivity index (χ3n) is 2.13. The van der Waals surface area contributed by atoms with Gasteiger partial charge in [-0.1, -0.05) is 12.1 Å². The number of rotatable bonds is 6. The Bertz CT molecular complexity index is 478. The van der Waals surface area contributed by atoms with Gasteiger partial charge in [-0.15, -0.1) is 0 Å². The summed E-state index contributed by atoms with van der Waals surface area (Å²) in [5.41, 5.74) is -0.0743. The zero-order chi connectivity index (χ0) is 13.7. The van der Waals surface area contributed by atoms with E-state index < -0.39 is 31.0 Å². The van der Waals surface area contributed by atoms with Gasteiger partial charge in [-0.05, 0) is 12.1 Å². The van der Waals surface area contributed by atoms with Crippen molar-refractivity contribution in [2.24, 2.45) is 0 Å². The van der Waals surface area contributed by atoms with Crippen molar-refractivity contribution in [3.05, 3.63) is 29.8 Å². The number of carboxylic acid groups (broad SMARTS) is 3. The van der Waals surface area contributed by atoms with Crippen molar-refractivity contribution in [3.8, 4) is 0 Å². The molecule has 0 aliphatic carbocycles. The van der Waals surface area contributed by atoms with Gasteiger partial charge in [0.25, 0.3) is 0 Å². The van der Waals surface area contributed by atoms with Gasteiger partial charge < -0.3 is 20.2 Å². The Balaban J connectivity index is 0. The first kappa shape index (κ1) is 20.8. The van der Waals surface area contributed by atoms with Crippen LogP contribution >= 0.6 is 0 Å². The smallest absolute Gasteiger partial charge is 0.337 e. The maximum absolute atomic E-state index is 11.0. The molecular formula is C11H11Fe2NO6. The summed E-state index contributed by atoms with van der Waals surface area (Å²) >= 11 is 0. The van der Waals surface area contributed by atoms with Crippen LogP contribution < -0.4 is 4.90 Å². The first-order valence-corrected chi connectivity index (χ1v) is 4.92. The Labute approximate surface area is 135 Å². The van der Waals surface area contributed by atoms with E-state index in [9.17, 15) is 14.4 Å². The summed E-state index contributed by atoms with van der Waals surface area (Å²) in [6.07, 6.45) is 0. The second kappa shape index (κ2) is 9.38. The van der Waals surface area contributed by atoms with Crippen LogP contribution in [-0.2, 0) is 43.7 Å². The van der Waals surface area contributed by atoms with E-state index in [0.29, 0.717) is 0 Å². The summed E-state index contributed by atoms with van der Waals surface area (Å²) in [7, 11) is 0. The number of anilines is 1. The molecule has 0 unspecified atom stereocenters. The molecule has 0 heterocycles. The number of hydrogen-bond acceptors (Lipinski definition) is 4. The molecule has 3 N–H and O–H groups in total. The van der Waals surface area contributed by atoms with Crippen LogP contribution in [0.4, 0.5) is 5.69 Å². The van der Waals surface area contributed by atoms with E-state index in [1.165, 1.54) is 24.3 Å². The quantitative estimate of drug-likeness (QED) is 0.624. The molecule has 0 radical (unpaired) electrons. The van der Waals surface area contributed by atoms with Crippen molar-refractivity contribution in [1.29, 1.82) is 0 Å². The summed E-state index contributed by atoms with van der Waals surface area (Å²) in [6.45, 7) is -1.17. The van der Waals surface area contributed by atoms with Crippen LogP contribution in [0.3, 0.4) is 0 Å². The fourth-order valence-electron chi connectivity index (χ4n) is 1.48. The van der Waals surface area contributed by atoms with Crippen molar-refractivity contribution in [1.82, 2.24) is 0 Å². The second-order valence-electron chi connectivity index (χ2n) is 3.47. The number of para-hydroxylation sites is 1. The SMILES string of the molecule is O=C(O)CN(CC(=O)O)c1ccccc1C(=O)O.[Fe].[Fe]. The molecule has 112 valence electrons. The minimum atomic E-state index is -1.24. The van der Waals surface area contributed by atoms with Gasteiger partial charge in [0.2, 0.25) is 0 Å². The number of hydrogen-bond donors (Lipinski definition) is 3. The van der Waals surface area contributed by atoms with Crippen molar-refractivity contribution >= 4 is 23.6 Å². The van der Waals surface area contributed by atoms with Crippen LogP contribution in [0.25, 0.3) is 0 Å². The van der Waals surface area contributed by atoms with Crippen molar-refractivity contribution in [2.75, 3.05) is 18.0 Å². The minimum absolute atomic E-state index is 0. The van der Waals surface area contributed by atoms with Crippen molar-refractivity contribution in [3.63, 3.8) is 0 Å². The molecule has 1 aromatic carbocycles. The Morgan fingerprint density at radius 1 is 0.900 bits per heavy atom. The van der Waals surface area contributed by atoms with Gasteiger partial charge in [0, 0.05) is 34.1 Å². The maximum Gasteiger partial charge on any atom is 0.337 e. The fraction of sp³-hybridized carbons (Fsp3) is 0.182. The first-order valence-electron chi connectivity index (χ1n) is 4.92. The van der Waals surface area contributed by atoms with Gasteiger partial charge in [-0.2, -0.15) is 0 Å². The Morgan fingerprint density at radius 3 is 1.75 bits per heavy atom. The van der Waals surface area contributed by atoms with E-state index in [4.69, 9.17) is 15.3 Å². The zero-order valence-corrected chi connectivity index (χ0v) is 12.2. The summed E-state index contributed by atoms with van der Waals surface area (Å²) in [6, 6.07) is 5.65. The van der Waals surface area contributed by atoms with Gasteiger partial charge in [0.05, 0.1) is 11.3 Å². The van der Waals surface area contributed by atoms with Gasteiger partial charge in [-0.3, -0.25) is 9.59 Å². The molecule has 0 aliphatic rings. The topological polar surface area (TPSA) is 115 Å². The Kier molecular flexibility index (Phi) is 9.75. The molecule has 9 heteroatoms. The third kappa shape index (κ3) is 6.08. The molecule has 0 aromatic heterocycles. The maximum atomic E-state index is 11.0. The summed E-state index contributed by atoms with van der Waals surface area (Å²) < 4.78 is 0. The first-order chi connectivity index (χ1) is 8.41. The Hall–Kier alpha value is -1.53. The van der Waals surface area contributed by atoms with Gasteiger partial charge >= 0.3 is 17.9 Å². The molecule has 20 heavy (non-hydrogen) atoms. The van der Waals surface area contributed by atoms with Crippen LogP contribution in [-0.4, -0.2) is 46.3 Å². The van der Waals surface area contributed by atoms with E-state index in [1.807, 2.05) is 0 Å². The van der Waals surface area contributed by atoms with Gasteiger partial charge in [-0.25, -0.2) is 4.79 Å². The van der Waals surface area contributed by atoms with Gasteiger partial charge in [0.15, 0.2) is 0 Å². The number of aliphatic carboxylic acids is 2. The fourth-order valence-corrected chi connectivity index (χ4v) is 1.48. The largest absolute Gasteiger partial charge is 0.480 e. The second-order valence-corrected chi connectivity index (χ2v) is 3.47. The van der Waals surface area contributed by atoms with E-state index in [-0.39, 0.29) is 45.4 Å². The number of nitrogens with zero attached hydrogens (tertiary/aromatic N) is 1. The summed E-state index contributed by atoms with van der Waals surface area (Å²) in [5, 5.41) is 26.4. The normalized spacial score (nSPS) is 8.80. The zero-order valence-electron chi connectivity index (χ0n) is 9.94. The van der Waals surface area contributed by atoms with Crippen LogP contribution in [0.5, 0.6) is 0 Å². The van der Waals surface area contributed by atoms with Crippen molar-refractivity contribution < 1.29 is 63.8 Å². The van der Waals surface area contributed by atoms with E-state index >= 15 is 0 Å². The number of carbonyl (C=O) groups is 3. The number of benzene rings is 1. The molecule has 0 spiro atoms. The molecule has 1 rings (SSSR count). The molecule has 0 atom stereocenters. The molecule has 0 aliphatic heterocycles. The summed E-state index contributed by atoms with van der Waals surface area (Å²) in [5.74, 6) is -3.72. The molecule has 0 bridgehead atoms. The van der Waals surface area contributed by atoms with E-state index in [1.54, 1.807) is 0 Å². The number of aromatic carboxylic acids is 1. The van der Waals surface area contributed by atoms with E-state index in [2.05, 4.69) is 0 Å². The predicted molar refractivity (Wildman–Crippen MR) is 60.9 cm³/mol. The molecular weight excluding hydrogens is 354 g/mol. The molecule has 1 aromatic rings. The van der Waals surface area contributed by atoms with Crippen LogP contribution in [0.2, 0.25) is 0 Å². The van der Waals surface area contributed by atoms with Gasteiger partial charge in [0.1, 0.15) is 13.1 Å². The van der Waals surface area contributed by atoms with Crippen molar-refractivity contribution in [2.45, 2.75) is 0 Å². The average Bonchev–Trinajstić information content (AvgIpc) is 2.26. The average molecular weight is 365 g/mol. The monoisotopic (exact) mass is 365 g/mol. The standard InChI is InChI=1S/C11H11NO6.2Fe/c13-9(14)5-12(6-10(15)16)8-4-2-1-3-7(8)11(17)18;;/h1-4H,5-6H2,(H,13,14)(H,15,16)(H,17,18);;. The molecule has 0 amide bonds. The molecule has 0 saturated heterocycles. The summed E-state index contributed by atoms with van der Waals surface area (Å²) in [4.78, 5) is 33.3. The molecule has 0 saturated carbocycles. The van der Waals surface area contributed by atoms with Crippen LogP contribution in [0, 0.1) is 0 Å². The third-order valence-corrected chi connectivity index (χ3v) is 2.13. The van der Waals surface area contributed by atoms with Crippen LogP contribution in [0.1, 0.15) is 10.4 Å². The van der Waals surface area contributed by atoms with E-state index in [0.717, 1.165) is 4.90 Å². The molecule has 7 nitrogen and oxygen atoms in total. The number of carboxylic acids is 3. The van der Waals surface area contributed by atoms with Crippen LogP contribution in [0.15, 0.2) is 24.3 Å². The minimum Gasteiger partial charge on any atom is -0.480 e. The predicted octanol–water partition coefficient (Wildman–Crippen LogP) is 0.355. The Morgan fingerprint density at radius 2 is 1.35 bits per heavy atom.